The van der Waals surface area contributed by atoms with Crippen molar-refractivity contribution < 1.29 is 0 Å². The molecule has 1 aromatic carbocycles. The quantitative estimate of drug-likeness (QED) is 0.204. The van der Waals surface area contributed by atoms with Gasteiger partial charge in [-0.3, -0.25) is 0 Å². The van der Waals surface area contributed by atoms with Gasteiger partial charge >= 0.3 is 0 Å². The smallest absolute Gasteiger partial charge is 0.0630 e. The van der Waals surface area contributed by atoms with E-state index in [9.17, 15) is 0 Å². The monoisotopic (exact) mass is 485 g/mol. The molecule has 0 unspecified atom stereocenters. The molecule has 176 valence electrons. The van der Waals surface area contributed by atoms with Crippen LogP contribution in [-0.2, 0) is 12.8 Å². The lowest BCUT2D eigenvalue weighted by Gasteiger charge is -2.05. The SMILES string of the molecule is C=C(C)/C(=C/c1sccc1-n1cccc1)CC.C=C/C=C\C(=C)Cc1ccc(CC(C)=S)cc1. The second-order valence-electron chi connectivity index (χ2n) is 8.19. The van der Waals surface area contributed by atoms with E-state index in [1.807, 2.05) is 31.2 Å². The third kappa shape index (κ3) is 9.09. The first-order valence-corrected chi connectivity index (χ1v) is 12.7. The van der Waals surface area contributed by atoms with Crippen LogP contribution in [0.25, 0.3) is 11.8 Å². The maximum absolute atomic E-state index is 5.10. The highest BCUT2D eigenvalue weighted by atomic mass is 32.1. The Morgan fingerprint density at radius 1 is 1.00 bits per heavy atom. The first kappa shape index (κ1) is 27.2. The minimum absolute atomic E-state index is 0.876. The van der Waals surface area contributed by atoms with Gasteiger partial charge in [0.15, 0.2) is 0 Å². The third-order valence-electron chi connectivity index (χ3n) is 5.17. The predicted octanol–water partition coefficient (Wildman–Crippen LogP) is 9.37. The number of aromatic nitrogens is 1. The van der Waals surface area contributed by atoms with Gasteiger partial charge in [-0.25, -0.2) is 0 Å². The van der Waals surface area contributed by atoms with Crippen LogP contribution in [-0.4, -0.2) is 9.43 Å². The van der Waals surface area contributed by atoms with Gasteiger partial charge < -0.3 is 4.57 Å². The summed E-state index contributed by atoms with van der Waals surface area (Å²) in [5, 5.41) is 2.13. The number of allylic oxidation sites excluding steroid dienone is 6. The molecule has 0 aliphatic carbocycles. The molecule has 0 fully saturated rings. The van der Waals surface area contributed by atoms with Crippen LogP contribution < -0.4 is 0 Å². The number of nitrogens with zero attached hydrogens (tertiary/aromatic N) is 1. The highest BCUT2D eigenvalue weighted by Crippen LogP contribution is 2.26. The minimum Gasteiger partial charge on any atom is -0.322 e. The van der Waals surface area contributed by atoms with E-state index in [0.717, 1.165) is 35.3 Å². The maximum atomic E-state index is 5.10. The Balaban J connectivity index is 0.000000240. The van der Waals surface area contributed by atoms with E-state index >= 15 is 0 Å². The van der Waals surface area contributed by atoms with Gasteiger partial charge in [0.1, 0.15) is 0 Å². The molecule has 0 N–H and O–H groups in total. The molecule has 3 aromatic rings. The number of hydrogen-bond donors (Lipinski definition) is 0. The molecular weight excluding hydrogens is 450 g/mol. The van der Waals surface area contributed by atoms with Crippen molar-refractivity contribution in [2.75, 3.05) is 0 Å². The lowest BCUT2D eigenvalue weighted by atomic mass is 10.0. The Bertz CT molecular complexity index is 1150. The summed E-state index contributed by atoms with van der Waals surface area (Å²) < 4.78 is 2.15. The van der Waals surface area contributed by atoms with E-state index in [-0.39, 0.29) is 0 Å². The summed E-state index contributed by atoms with van der Waals surface area (Å²) in [6.07, 6.45) is 14.8. The Hall–Kier alpha value is -3.01. The number of thiophene rings is 1. The molecule has 2 heterocycles. The van der Waals surface area contributed by atoms with Gasteiger partial charge in [0.05, 0.1) is 10.6 Å². The van der Waals surface area contributed by atoms with Gasteiger partial charge in [0.25, 0.3) is 0 Å². The lowest BCUT2D eigenvalue weighted by Crippen LogP contribution is -1.94. The standard InChI is InChI=1S/C16H18S.C15H17NS/c1-4-5-6-13(2)11-15-7-9-16(10-8-15)12-14(3)17;1-4-13(12(2)3)11-15-14(7-10-17-15)16-8-5-6-9-16/h4-10H,1-2,11-12H2,3H3;5-11H,2,4H2,1,3H3/b6-5-;13-11+. The Labute approximate surface area is 215 Å². The Kier molecular flexibility index (Phi) is 11.5. The van der Waals surface area contributed by atoms with Crippen molar-refractivity contribution in [3.8, 4) is 5.69 Å². The summed E-state index contributed by atoms with van der Waals surface area (Å²) in [6.45, 7) is 17.9. The van der Waals surface area contributed by atoms with Crippen molar-refractivity contribution in [2.45, 2.75) is 40.0 Å². The normalized spacial score (nSPS) is 11.1. The van der Waals surface area contributed by atoms with Gasteiger partial charge in [-0.2, -0.15) is 0 Å². The topological polar surface area (TPSA) is 4.93 Å². The van der Waals surface area contributed by atoms with Crippen LogP contribution in [0, 0.1) is 0 Å². The van der Waals surface area contributed by atoms with Crippen molar-refractivity contribution in [2.24, 2.45) is 0 Å². The van der Waals surface area contributed by atoms with Crippen LogP contribution in [0.1, 0.15) is 43.2 Å². The Morgan fingerprint density at radius 3 is 2.15 bits per heavy atom. The fraction of sp³-hybridized carbons (Fsp3) is 0.194. The summed E-state index contributed by atoms with van der Waals surface area (Å²) in [4.78, 5) is 2.32. The number of hydrogen-bond acceptors (Lipinski definition) is 2. The van der Waals surface area contributed by atoms with Gasteiger partial charge in [0, 0.05) is 18.8 Å². The molecule has 0 radical (unpaired) electrons. The second-order valence-corrected chi connectivity index (χ2v) is 9.83. The molecule has 0 atom stereocenters. The van der Waals surface area contributed by atoms with E-state index < -0.39 is 0 Å². The zero-order chi connectivity index (χ0) is 24.9. The molecule has 0 saturated carbocycles. The molecule has 2 aromatic heterocycles. The predicted molar refractivity (Wildman–Crippen MR) is 157 cm³/mol. The number of thiocarbonyl (C=S) groups is 1. The summed E-state index contributed by atoms with van der Waals surface area (Å²) in [5.41, 5.74) is 7.35. The van der Waals surface area contributed by atoms with Crippen LogP contribution >= 0.6 is 23.6 Å². The number of benzene rings is 1. The highest BCUT2D eigenvalue weighted by Gasteiger charge is 2.05. The van der Waals surface area contributed by atoms with Crippen molar-refractivity contribution in [3.63, 3.8) is 0 Å². The summed E-state index contributed by atoms with van der Waals surface area (Å²) in [5.74, 6) is 0. The van der Waals surface area contributed by atoms with Gasteiger partial charge in [-0.15, -0.1) is 11.3 Å². The fourth-order valence-electron chi connectivity index (χ4n) is 3.40. The van der Waals surface area contributed by atoms with Crippen LogP contribution in [0.5, 0.6) is 0 Å². The van der Waals surface area contributed by atoms with Crippen LogP contribution in [0.4, 0.5) is 0 Å². The molecule has 34 heavy (non-hydrogen) atoms. The average Bonchev–Trinajstić information content (AvgIpc) is 3.49. The first-order chi connectivity index (χ1) is 16.3. The highest BCUT2D eigenvalue weighted by molar-refractivity contribution is 7.80. The average molecular weight is 486 g/mol. The molecule has 0 saturated heterocycles. The lowest BCUT2D eigenvalue weighted by molar-refractivity contribution is 1.08. The second kappa shape index (κ2) is 14.3. The molecule has 0 amide bonds. The Morgan fingerprint density at radius 2 is 1.62 bits per heavy atom. The van der Waals surface area contributed by atoms with Crippen molar-refractivity contribution in [3.05, 3.63) is 131 Å². The van der Waals surface area contributed by atoms with Crippen LogP contribution in [0.15, 0.2) is 115 Å². The fourth-order valence-corrected chi connectivity index (χ4v) is 4.42. The van der Waals surface area contributed by atoms with E-state index in [0.29, 0.717) is 0 Å². The van der Waals surface area contributed by atoms with Crippen molar-refractivity contribution in [1.82, 2.24) is 4.57 Å². The summed E-state index contributed by atoms with van der Waals surface area (Å²) in [6, 6.07) is 14.8. The minimum atomic E-state index is 0.876. The van der Waals surface area contributed by atoms with E-state index in [1.165, 1.54) is 27.3 Å². The summed E-state index contributed by atoms with van der Waals surface area (Å²) >= 11 is 6.87. The van der Waals surface area contributed by atoms with Crippen molar-refractivity contribution in [1.29, 1.82) is 0 Å². The van der Waals surface area contributed by atoms with Gasteiger partial charge in [-0.05, 0) is 77.9 Å². The third-order valence-corrected chi connectivity index (χ3v) is 6.16. The first-order valence-electron chi connectivity index (χ1n) is 11.5. The molecular formula is C31H35NS2. The van der Waals surface area contributed by atoms with Gasteiger partial charge in [0.2, 0.25) is 0 Å². The van der Waals surface area contributed by atoms with E-state index in [2.05, 4.69) is 92.3 Å². The molecule has 3 heteroatoms. The zero-order valence-electron chi connectivity index (χ0n) is 20.6. The zero-order valence-corrected chi connectivity index (χ0v) is 22.2. The van der Waals surface area contributed by atoms with E-state index in [1.54, 1.807) is 17.4 Å². The van der Waals surface area contributed by atoms with Crippen molar-refractivity contribution >= 4 is 34.5 Å². The summed E-state index contributed by atoms with van der Waals surface area (Å²) in [7, 11) is 0. The molecule has 0 spiro atoms. The van der Waals surface area contributed by atoms with Crippen LogP contribution in [0.3, 0.4) is 0 Å². The molecule has 0 aliphatic heterocycles. The molecule has 0 aliphatic rings. The van der Waals surface area contributed by atoms with Crippen LogP contribution in [0.2, 0.25) is 0 Å². The molecule has 0 bridgehead atoms. The number of rotatable bonds is 10. The largest absolute Gasteiger partial charge is 0.322 e. The molecule has 1 nitrogen and oxygen atoms in total. The molecule has 3 rings (SSSR count). The maximum Gasteiger partial charge on any atom is 0.0630 e. The van der Waals surface area contributed by atoms with Gasteiger partial charge in [-0.1, -0.05) is 92.5 Å². The van der Waals surface area contributed by atoms with E-state index in [4.69, 9.17) is 12.2 Å².